The fraction of sp³-hybridized carbons (Fsp3) is 0.235. The Kier molecular flexibility index (Phi) is 3.77. The molecule has 0 fully saturated rings. The van der Waals surface area contributed by atoms with E-state index in [1.54, 1.807) is 6.07 Å². The zero-order valence-corrected chi connectivity index (χ0v) is 11.9. The van der Waals surface area contributed by atoms with Gasteiger partial charge in [0, 0.05) is 11.8 Å². The fourth-order valence-corrected chi connectivity index (χ4v) is 2.36. The smallest absolute Gasteiger partial charge is 0.259 e. The van der Waals surface area contributed by atoms with E-state index in [4.69, 9.17) is 9.15 Å². The van der Waals surface area contributed by atoms with E-state index < -0.39 is 0 Å². The van der Waals surface area contributed by atoms with Crippen molar-refractivity contribution in [1.29, 1.82) is 0 Å². The van der Waals surface area contributed by atoms with Crippen LogP contribution in [0.15, 0.2) is 51.9 Å². The van der Waals surface area contributed by atoms with Gasteiger partial charge in [0.25, 0.3) is 5.56 Å². The van der Waals surface area contributed by atoms with E-state index >= 15 is 0 Å². The largest absolute Gasteiger partial charge is 0.494 e. The normalized spacial score (nSPS) is 10.9. The van der Waals surface area contributed by atoms with Gasteiger partial charge in [0.05, 0.1) is 18.3 Å². The summed E-state index contributed by atoms with van der Waals surface area (Å²) in [4.78, 5) is 14.8. The highest BCUT2D eigenvalue weighted by Crippen LogP contribution is 2.15. The number of furan rings is 1. The lowest BCUT2D eigenvalue weighted by molar-refractivity contribution is 0.340. The molecule has 0 aliphatic rings. The second kappa shape index (κ2) is 5.87. The lowest BCUT2D eigenvalue weighted by Gasteiger charge is -2.05. The first kappa shape index (κ1) is 13.5. The minimum Gasteiger partial charge on any atom is -0.494 e. The zero-order chi connectivity index (χ0) is 14.7. The second-order valence-electron chi connectivity index (χ2n) is 4.90. The average molecular weight is 283 g/mol. The predicted octanol–water partition coefficient (Wildman–Crippen LogP) is 3.31. The first-order valence-corrected chi connectivity index (χ1v) is 7.07. The Labute approximate surface area is 122 Å². The Morgan fingerprint density at radius 2 is 1.95 bits per heavy atom. The molecule has 0 aliphatic carbocycles. The summed E-state index contributed by atoms with van der Waals surface area (Å²) in [6.07, 6.45) is 3.16. The van der Waals surface area contributed by atoms with E-state index in [2.05, 4.69) is 17.1 Å². The maximum Gasteiger partial charge on any atom is 0.259 e. The molecule has 21 heavy (non-hydrogen) atoms. The maximum absolute atomic E-state index is 11.9. The van der Waals surface area contributed by atoms with Crippen LogP contribution < -0.4 is 10.3 Å². The molecule has 0 unspecified atom stereocenters. The molecule has 4 nitrogen and oxygen atoms in total. The molecule has 0 aliphatic heterocycles. The Bertz CT molecular complexity index is 784. The highest BCUT2D eigenvalue weighted by atomic mass is 16.5. The number of hydrogen-bond donors (Lipinski definition) is 1. The van der Waals surface area contributed by atoms with Crippen molar-refractivity contribution in [3.8, 4) is 5.75 Å². The van der Waals surface area contributed by atoms with Crippen LogP contribution in [0.25, 0.3) is 11.0 Å². The van der Waals surface area contributed by atoms with Gasteiger partial charge in [-0.15, -0.1) is 0 Å². The molecule has 0 saturated carbocycles. The van der Waals surface area contributed by atoms with Crippen LogP contribution in [0.2, 0.25) is 0 Å². The molecule has 0 saturated heterocycles. The number of pyridine rings is 1. The number of hydrogen-bond acceptors (Lipinski definition) is 3. The monoisotopic (exact) mass is 283 g/mol. The van der Waals surface area contributed by atoms with Crippen molar-refractivity contribution < 1.29 is 9.15 Å². The van der Waals surface area contributed by atoms with Gasteiger partial charge in [-0.2, -0.15) is 0 Å². The molecule has 0 spiro atoms. The number of H-pyrrole nitrogens is 1. The molecule has 4 heteroatoms. The molecular formula is C17H17NO3. The van der Waals surface area contributed by atoms with Gasteiger partial charge in [-0.3, -0.25) is 4.79 Å². The minimum atomic E-state index is -0.0945. The van der Waals surface area contributed by atoms with Crippen LogP contribution in [0.4, 0.5) is 0 Å². The van der Waals surface area contributed by atoms with Crippen LogP contribution in [0.5, 0.6) is 5.75 Å². The molecule has 0 bridgehead atoms. The number of fused-ring (bicyclic) bond motifs is 1. The van der Waals surface area contributed by atoms with Gasteiger partial charge in [0.15, 0.2) is 0 Å². The number of nitrogens with one attached hydrogen (secondary N) is 1. The standard InChI is InChI=1S/C17H17NO3/c1-2-20-14-7-4-12(5-8-14)3-6-13-11-16-15(9-10-21-16)17(19)18-13/h4-5,7-11H,2-3,6H2,1H3,(H,18,19). The minimum absolute atomic E-state index is 0.0945. The summed E-state index contributed by atoms with van der Waals surface area (Å²) in [5.41, 5.74) is 2.64. The third-order valence-corrected chi connectivity index (χ3v) is 3.44. The predicted molar refractivity (Wildman–Crippen MR) is 81.9 cm³/mol. The van der Waals surface area contributed by atoms with E-state index in [1.807, 2.05) is 25.1 Å². The molecule has 3 rings (SSSR count). The first-order chi connectivity index (χ1) is 10.3. The summed E-state index contributed by atoms with van der Waals surface area (Å²) in [5.74, 6) is 0.881. The molecule has 0 atom stereocenters. The molecule has 0 radical (unpaired) electrons. The van der Waals surface area contributed by atoms with Crippen molar-refractivity contribution in [2.75, 3.05) is 6.61 Å². The molecular weight excluding hydrogens is 266 g/mol. The summed E-state index contributed by atoms with van der Waals surface area (Å²) in [6.45, 7) is 2.64. The van der Waals surface area contributed by atoms with E-state index in [1.165, 1.54) is 11.8 Å². The van der Waals surface area contributed by atoms with Crippen LogP contribution in [0, 0.1) is 0 Å². The van der Waals surface area contributed by atoms with Crippen LogP contribution >= 0.6 is 0 Å². The summed E-state index contributed by atoms with van der Waals surface area (Å²) >= 11 is 0. The van der Waals surface area contributed by atoms with Crippen LogP contribution in [0.1, 0.15) is 18.2 Å². The number of aromatic amines is 1. The molecule has 1 N–H and O–H groups in total. The second-order valence-corrected chi connectivity index (χ2v) is 4.90. The summed E-state index contributed by atoms with van der Waals surface area (Å²) in [6, 6.07) is 11.6. The van der Waals surface area contributed by atoms with E-state index in [-0.39, 0.29) is 5.56 Å². The number of aromatic nitrogens is 1. The van der Waals surface area contributed by atoms with Gasteiger partial charge in [-0.25, -0.2) is 0 Å². The Morgan fingerprint density at radius 1 is 1.14 bits per heavy atom. The quantitative estimate of drug-likeness (QED) is 0.781. The van der Waals surface area contributed by atoms with Gasteiger partial charge in [-0.1, -0.05) is 12.1 Å². The molecule has 108 valence electrons. The average Bonchev–Trinajstić information content (AvgIpc) is 2.96. The SMILES string of the molecule is CCOc1ccc(CCc2cc3occc3c(=O)[nH]2)cc1. The number of rotatable bonds is 5. The molecule has 2 heterocycles. The third kappa shape index (κ3) is 2.99. The lowest BCUT2D eigenvalue weighted by atomic mass is 10.1. The lowest BCUT2D eigenvalue weighted by Crippen LogP contribution is -2.08. The van der Waals surface area contributed by atoms with Crippen molar-refractivity contribution in [2.24, 2.45) is 0 Å². The Hall–Kier alpha value is -2.49. The van der Waals surface area contributed by atoms with E-state index in [0.29, 0.717) is 17.6 Å². The van der Waals surface area contributed by atoms with Gasteiger partial charge in [0.2, 0.25) is 0 Å². The number of ether oxygens (including phenoxy) is 1. The maximum atomic E-state index is 11.9. The Balaban J connectivity index is 1.72. The third-order valence-electron chi connectivity index (χ3n) is 3.44. The van der Waals surface area contributed by atoms with Crippen molar-refractivity contribution in [3.63, 3.8) is 0 Å². The van der Waals surface area contributed by atoms with E-state index in [0.717, 1.165) is 24.3 Å². The molecule has 1 aromatic carbocycles. The summed E-state index contributed by atoms with van der Waals surface area (Å²) in [7, 11) is 0. The summed E-state index contributed by atoms with van der Waals surface area (Å²) < 4.78 is 10.7. The van der Waals surface area contributed by atoms with Gasteiger partial charge in [-0.05, 0) is 43.5 Å². The van der Waals surface area contributed by atoms with Crippen molar-refractivity contribution in [2.45, 2.75) is 19.8 Å². The zero-order valence-electron chi connectivity index (χ0n) is 11.9. The van der Waals surface area contributed by atoms with Crippen molar-refractivity contribution in [3.05, 3.63) is 64.3 Å². The Morgan fingerprint density at radius 3 is 2.71 bits per heavy atom. The molecule has 2 aromatic heterocycles. The number of benzene rings is 1. The fourth-order valence-electron chi connectivity index (χ4n) is 2.36. The van der Waals surface area contributed by atoms with Crippen LogP contribution in [-0.4, -0.2) is 11.6 Å². The van der Waals surface area contributed by atoms with Crippen molar-refractivity contribution in [1.82, 2.24) is 4.98 Å². The number of aryl methyl sites for hydroxylation is 2. The molecule has 3 aromatic rings. The van der Waals surface area contributed by atoms with Gasteiger partial charge >= 0.3 is 0 Å². The van der Waals surface area contributed by atoms with Crippen LogP contribution in [-0.2, 0) is 12.8 Å². The van der Waals surface area contributed by atoms with Crippen LogP contribution in [0.3, 0.4) is 0 Å². The highest BCUT2D eigenvalue weighted by molar-refractivity contribution is 5.75. The van der Waals surface area contributed by atoms with Crippen molar-refractivity contribution >= 4 is 11.0 Å². The van der Waals surface area contributed by atoms with E-state index in [9.17, 15) is 4.79 Å². The topological polar surface area (TPSA) is 55.2 Å². The van der Waals surface area contributed by atoms with Gasteiger partial charge in [0.1, 0.15) is 11.3 Å². The van der Waals surface area contributed by atoms with Gasteiger partial charge < -0.3 is 14.1 Å². The first-order valence-electron chi connectivity index (χ1n) is 7.07. The summed E-state index contributed by atoms with van der Waals surface area (Å²) in [5, 5.41) is 0.597. The highest BCUT2D eigenvalue weighted by Gasteiger charge is 2.05. The molecule has 0 amide bonds.